The number of rotatable bonds is 3. The van der Waals surface area contributed by atoms with Crippen molar-refractivity contribution in [2.45, 2.75) is 31.8 Å². The molecule has 2 aliphatic rings. The number of aliphatic hydroxyl groups is 1. The minimum atomic E-state index is -1.09. The van der Waals surface area contributed by atoms with E-state index < -0.39 is 5.60 Å². The average Bonchev–Trinajstić information content (AvgIpc) is 3.14. The van der Waals surface area contributed by atoms with E-state index in [2.05, 4.69) is 5.32 Å². The second-order valence-corrected chi connectivity index (χ2v) is 5.04. The predicted molar refractivity (Wildman–Crippen MR) is 66.0 cm³/mol. The van der Waals surface area contributed by atoms with E-state index in [0.29, 0.717) is 45.6 Å². The van der Waals surface area contributed by atoms with Crippen molar-refractivity contribution in [1.29, 1.82) is 0 Å². The van der Waals surface area contributed by atoms with Gasteiger partial charge < -0.3 is 20.2 Å². The van der Waals surface area contributed by atoms with Gasteiger partial charge in [0, 0.05) is 32.7 Å². The van der Waals surface area contributed by atoms with Crippen molar-refractivity contribution >= 4 is 11.9 Å². The largest absolute Gasteiger partial charge is 0.380 e. The Labute approximate surface area is 107 Å². The molecule has 0 spiro atoms. The van der Waals surface area contributed by atoms with E-state index in [-0.39, 0.29) is 11.9 Å². The molecule has 1 aliphatic heterocycles. The Morgan fingerprint density at radius 2 is 1.72 bits per heavy atom. The molecule has 102 valence electrons. The van der Waals surface area contributed by atoms with Gasteiger partial charge in [-0.15, -0.1) is 0 Å². The highest BCUT2D eigenvalue weighted by Gasteiger charge is 2.50. The van der Waals surface area contributed by atoms with Gasteiger partial charge in [0.25, 0.3) is 5.91 Å². The molecule has 0 radical (unpaired) electrons. The summed E-state index contributed by atoms with van der Waals surface area (Å²) in [5.74, 6) is -0.170. The molecule has 0 atom stereocenters. The van der Waals surface area contributed by atoms with E-state index in [1.807, 2.05) is 6.92 Å². The molecule has 1 aliphatic carbocycles. The molecule has 6 nitrogen and oxygen atoms in total. The SMILES string of the molecule is CCCNC(=O)N1CCN(C(=O)C2(O)CC2)CC1. The number of hydrogen-bond donors (Lipinski definition) is 2. The van der Waals surface area contributed by atoms with Gasteiger partial charge in [-0.25, -0.2) is 4.79 Å². The van der Waals surface area contributed by atoms with Crippen molar-refractivity contribution in [2.24, 2.45) is 0 Å². The second-order valence-electron chi connectivity index (χ2n) is 5.04. The van der Waals surface area contributed by atoms with E-state index in [1.54, 1.807) is 9.80 Å². The Morgan fingerprint density at radius 1 is 1.17 bits per heavy atom. The van der Waals surface area contributed by atoms with Crippen molar-refractivity contribution < 1.29 is 14.7 Å². The first-order chi connectivity index (χ1) is 8.57. The zero-order valence-corrected chi connectivity index (χ0v) is 10.8. The highest BCUT2D eigenvalue weighted by Crippen LogP contribution is 2.37. The molecule has 1 heterocycles. The maximum absolute atomic E-state index is 11.9. The van der Waals surface area contributed by atoms with E-state index in [0.717, 1.165) is 6.42 Å². The lowest BCUT2D eigenvalue weighted by Crippen LogP contribution is -2.55. The Bertz CT molecular complexity index is 333. The van der Waals surface area contributed by atoms with Gasteiger partial charge in [0.05, 0.1) is 0 Å². The van der Waals surface area contributed by atoms with E-state index in [4.69, 9.17) is 0 Å². The summed E-state index contributed by atoms with van der Waals surface area (Å²) in [5.41, 5.74) is -1.09. The lowest BCUT2D eigenvalue weighted by molar-refractivity contribution is -0.143. The highest BCUT2D eigenvalue weighted by atomic mass is 16.3. The zero-order valence-electron chi connectivity index (χ0n) is 10.8. The van der Waals surface area contributed by atoms with Crippen LogP contribution >= 0.6 is 0 Å². The monoisotopic (exact) mass is 255 g/mol. The number of carbonyl (C=O) groups excluding carboxylic acids is 2. The van der Waals surface area contributed by atoms with Crippen molar-refractivity contribution in [2.75, 3.05) is 32.7 Å². The molecule has 2 fully saturated rings. The zero-order chi connectivity index (χ0) is 13.2. The smallest absolute Gasteiger partial charge is 0.317 e. The van der Waals surface area contributed by atoms with Crippen LogP contribution in [0.4, 0.5) is 4.79 Å². The topological polar surface area (TPSA) is 72.9 Å². The number of amides is 3. The molecule has 0 aromatic heterocycles. The number of hydrogen-bond acceptors (Lipinski definition) is 3. The molecule has 1 saturated heterocycles. The molecule has 2 rings (SSSR count). The molecule has 0 aromatic carbocycles. The van der Waals surface area contributed by atoms with Gasteiger partial charge in [0.15, 0.2) is 0 Å². The van der Waals surface area contributed by atoms with Crippen LogP contribution in [0, 0.1) is 0 Å². The third-order valence-corrected chi connectivity index (χ3v) is 3.50. The van der Waals surface area contributed by atoms with Crippen LogP contribution in [0.3, 0.4) is 0 Å². The van der Waals surface area contributed by atoms with Gasteiger partial charge in [-0.2, -0.15) is 0 Å². The molecule has 0 unspecified atom stereocenters. The first-order valence-electron chi connectivity index (χ1n) is 6.61. The molecule has 0 aromatic rings. The maximum atomic E-state index is 11.9. The quantitative estimate of drug-likeness (QED) is 0.732. The molecular formula is C12H21N3O3. The van der Waals surface area contributed by atoms with Crippen LogP contribution < -0.4 is 5.32 Å². The number of carbonyl (C=O) groups is 2. The van der Waals surface area contributed by atoms with Crippen molar-refractivity contribution in [3.8, 4) is 0 Å². The van der Waals surface area contributed by atoms with Crippen LogP contribution in [0.1, 0.15) is 26.2 Å². The van der Waals surface area contributed by atoms with Crippen molar-refractivity contribution in [3.05, 3.63) is 0 Å². The number of nitrogens with one attached hydrogen (secondary N) is 1. The second kappa shape index (κ2) is 5.14. The van der Waals surface area contributed by atoms with Crippen LogP contribution in [-0.2, 0) is 4.79 Å². The number of urea groups is 1. The van der Waals surface area contributed by atoms with Crippen molar-refractivity contribution in [3.63, 3.8) is 0 Å². The third-order valence-electron chi connectivity index (χ3n) is 3.50. The molecule has 2 N–H and O–H groups in total. The Kier molecular flexibility index (Phi) is 3.75. The molecule has 6 heteroatoms. The molecule has 1 saturated carbocycles. The molecule has 3 amide bonds. The summed E-state index contributed by atoms with van der Waals surface area (Å²) in [4.78, 5) is 27.0. The summed E-state index contributed by atoms with van der Waals surface area (Å²) < 4.78 is 0. The van der Waals surface area contributed by atoms with Gasteiger partial charge >= 0.3 is 6.03 Å². The lowest BCUT2D eigenvalue weighted by atomic mass is 10.2. The normalized spacial score (nSPS) is 21.7. The van der Waals surface area contributed by atoms with Gasteiger partial charge in [-0.1, -0.05) is 6.92 Å². The molecule has 0 bridgehead atoms. The average molecular weight is 255 g/mol. The van der Waals surface area contributed by atoms with Gasteiger partial charge in [0.1, 0.15) is 5.60 Å². The summed E-state index contributed by atoms with van der Waals surface area (Å²) >= 11 is 0. The summed E-state index contributed by atoms with van der Waals surface area (Å²) in [6, 6.07) is -0.0610. The van der Waals surface area contributed by atoms with Crippen LogP contribution in [-0.4, -0.2) is 65.2 Å². The summed E-state index contributed by atoms with van der Waals surface area (Å²) in [5, 5.41) is 12.6. The van der Waals surface area contributed by atoms with Gasteiger partial charge in [-0.05, 0) is 19.3 Å². The Morgan fingerprint density at radius 3 is 2.22 bits per heavy atom. The third kappa shape index (κ3) is 2.75. The van der Waals surface area contributed by atoms with Crippen LogP contribution in [0.25, 0.3) is 0 Å². The van der Waals surface area contributed by atoms with Crippen LogP contribution in [0.15, 0.2) is 0 Å². The molecular weight excluding hydrogens is 234 g/mol. The van der Waals surface area contributed by atoms with E-state index in [1.165, 1.54) is 0 Å². The lowest BCUT2D eigenvalue weighted by Gasteiger charge is -2.35. The maximum Gasteiger partial charge on any atom is 0.317 e. The minimum absolute atomic E-state index is 0.0610. The van der Waals surface area contributed by atoms with Gasteiger partial charge in [0.2, 0.25) is 0 Å². The van der Waals surface area contributed by atoms with Crippen LogP contribution in [0.2, 0.25) is 0 Å². The molecule has 18 heavy (non-hydrogen) atoms. The van der Waals surface area contributed by atoms with E-state index >= 15 is 0 Å². The predicted octanol–water partition coefficient (Wildman–Crippen LogP) is -0.225. The fraction of sp³-hybridized carbons (Fsp3) is 0.833. The van der Waals surface area contributed by atoms with E-state index in [9.17, 15) is 14.7 Å². The summed E-state index contributed by atoms with van der Waals surface area (Å²) in [7, 11) is 0. The fourth-order valence-corrected chi connectivity index (χ4v) is 2.08. The van der Waals surface area contributed by atoms with Gasteiger partial charge in [-0.3, -0.25) is 4.79 Å². The van der Waals surface area contributed by atoms with Crippen LogP contribution in [0.5, 0.6) is 0 Å². The van der Waals surface area contributed by atoms with Crippen molar-refractivity contribution in [1.82, 2.24) is 15.1 Å². The number of nitrogens with zero attached hydrogens (tertiary/aromatic N) is 2. The Hall–Kier alpha value is -1.30. The summed E-state index contributed by atoms with van der Waals surface area (Å²) in [6.45, 7) is 4.79. The Balaban J connectivity index is 1.77. The first kappa shape index (κ1) is 13.1. The highest BCUT2D eigenvalue weighted by molar-refractivity contribution is 5.88. The first-order valence-corrected chi connectivity index (χ1v) is 6.61. The number of piperazine rings is 1. The fourth-order valence-electron chi connectivity index (χ4n) is 2.08. The standard InChI is InChI=1S/C12H21N3O3/c1-2-5-13-11(17)15-8-6-14(7-9-15)10(16)12(18)3-4-12/h18H,2-9H2,1H3,(H,13,17). The minimum Gasteiger partial charge on any atom is -0.380 e. The summed E-state index contributed by atoms with van der Waals surface area (Å²) in [6.07, 6.45) is 2.06.